The predicted molar refractivity (Wildman–Crippen MR) is 59.8 cm³/mol. The van der Waals surface area contributed by atoms with Gasteiger partial charge in [-0.05, 0) is 12.3 Å². The minimum absolute atomic E-state index is 0.201. The molecule has 0 aromatic heterocycles. The van der Waals surface area contributed by atoms with Gasteiger partial charge in [0.1, 0.15) is 6.42 Å². The average molecular weight is 232 g/mol. The van der Waals surface area contributed by atoms with Gasteiger partial charge in [-0.25, -0.2) is 4.39 Å². The van der Waals surface area contributed by atoms with Gasteiger partial charge in [-0.1, -0.05) is 33.6 Å². The zero-order valence-electron chi connectivity index (χ0n) is 10.3. The molecular weight excluding hydrogens is 211 g/mol. The number of carbonyl (C=O) groups is 2. The van der Waals surface area contributed by atoms with Crippen LogP contribution in [0.15, 0.2) is 0 Å². The van der Waals surface area contributed by atoms with Crippen LogP contribution in [0.1, 0.15) is 46.5 Å². The van der Waals surface area contributed by atoms with Gasteiger partial charge in [-0.3, -0.25) is 9.59 Å². The standard InChI is InChI=1S/C12H21FO3/c1-4-5-6-10(13)11(14)7-12(15)16-8-9(2)3/h9-10H,4-8H2,1-3H3. The summed E-state index contributed by atoms with van der Waals surface area (Å²) in [6.07, 6.45) is -0.268. The molecule has 0 rings (SSSR count). The fourth-order valence-corrected chi connectivity index (χ4v) is 1.11. The van der Waals surface area contributed by atoms with Crippen molar-refractivity contribution in [2.45, 2.75) is 52.6 Å². The van der Waals surface area contributed by atoms with Crippen molar-refractivity contribution < 1.29 is 18.7 Å². The molecule has 0 aromatic rings. The van der Waals surface area contributed by atoms with Gasteiger partial charge in [0.2, 0.25) is 0 Å². The molecule has 0 aliphatic rings. The molecule has 0 saturated carbocycles. The minimum atomic E-state index is -1.52. The molecule has 0 spiro atoms. The number of carbonyl (C=O) groups excluding carboxylic acids is 2. The molecule has 0 radical (unpaired) electrons. The minimum Gasteiger partial charge on any atom is -0.465 e. The van der Waals surface area contributed by atoms with E-state index in [9.17, 15) is 14.0 Å². The Morgan fingerprint density at radius 3 is 2.44 bits per heavy atom. The first kappa shape index (κ1) is 15.1. The van der Waals surface area contributed by atoms with Gasteiger partial charge in [-0.15, -0.1) is 0 Å². The number of hydrogen-bond donors (Lipinski definition) is 0. The third-order valence-electron chi connectivity index (χ3n) is 2.06. The van der Waals surface area contributed by atoms with Crippen molar-refractivity contribution >= 4 is 11.8 Å². The molecule has 16 heavy (non-hydrogen) atoms. The number of ether oxygens (including phenoxy) is 1. The molecule has 0 saturated heterocycles. The topological polar surface area (TPSA) is 43.4 Å². The molecule has 0 amide bonds. The van der Waals surface area contributed by atoms with Gasteiger partial charge in [0.05, 0.1) is 6.61 Å². The van der Waals surface area contributed by atoms with Crippen LogP contribution in [0.2, 0.25) is 0 Å². The van der Waals surface area contributed by atoms with Gasteiger partial charge < -0.3 is 4.74 Å². The number of rotatable bonds is 8. The fourth-order valence-electron chi connectivity index (χ4n) is 1.11. The van der Waals surface area contributed by atoms with Gasteiger partial charge in [0, 0.05) is 0 Å². The number of hydrogen-bond acceptors (Lipinski definition) is 3. The number of esters is 1. The van der Waals surface area contributed by atoms with Crippen molar-refractivity contribution in [3.8, 4) is 0 Å². The number of halogens is 1. The summed E-state index contributed by atoms with van der Waals surface area (Å²) in [6.45, 7) is 5.99. The molecule has 0 fully saturated rings. The highest BCUT2D eigenvalue weighted by molar-refractivity contribution is 5.97. The first-order valence-electron chi connectivity index (χ1n) is 5.79. The number of alkyl halides is 1. The molecular formula is C12H21FO3. The lowest BCUT2D eigenvalue weighted by Gasteiger charge is -2.08. The highest BCUT2D eigenvalue weighted by Crippen LogP contribution is 2.08. The second-order valence-electron chi connectivity index (χ2n) is 4.33. The van der Waals surface area contributed by atoms with Crippen LogP contribution in [-0.4, -0.2) is 24.5 Å². The van der Waals surface area contributed by atoms with E-state index in [1.54, 1.807) is 0 Å². The van der Waals surface area contributed by atoms with E-state index in [1.165, 1.54) is 0 Å². The molecule has 0 aliphatic heterocycles. The Bertz CT molecular complexity index is 226. The van der Waals surface area contributed by atoms with E-state index in [1.807, 2.05) is 20.8 Å². The summed E-state index contributed by atoms with van der Waals surface area (Å²) in [6, 6.07) is 0. The lowest BCUT2D eigenvalue weighted by Crippen LogP contribution is -2.21. The van der Waals surface area contributed by atoms with Crippen LogP contribution in [0.3, 0.4) is 0 Å². The average Bonchev–Trinajstić information content (AvgIpc) is 2.22. The van der Waals surface area contributed by atoms with E-state index in [2.05, 4.69) is 0 Å². The van der Waals surface area contributed by atoms with Crippen LogP contribution in [0.25, 0.3) is 0 Å². The van der Waals surface area contributed by atoms with E-state index in [0.717, 1.165) is 6.42 Å². The van der Waals surface area contributed by atoms with Crippen LogP contribution in [0, 0.1) is 5.92 Å². The lowest BCUT2D eigenvalue weighted by atomic mass is 10.1. The van der Waals surface area contributed by atoms with Crippen molar-refractivity contribution in [3.63, 3.8) is 0 Å². The maximum absolute atomic E-state index is 13.2. The van der Waals surface area contributed by atoms with E-state index < -0.39 is 24.3 Å². The molecule has 1 unspecified atom stereocenters. The Morgan fingerprint density at radius 1 is 1.31 bits per heavy atom. The molecule has 1 atom stereocenters. The summed E-state index contributed by atoms with van der Waals surface area (Å²) in [7, 11) is 0. The summed E-state index contributed by atoms with van der Waals surface area (Å²) in [5.41, 5.74) is 0. The molecule has 0 N–H and O–H groups in total. The van der Waals surface area contributed by atoms with Crippen LogP contribution in [-0.2, 0) is 14.3 Å². The Kier molecular flexibility index (Phi) is 7.77. The van der Waals surface area contributed by atoms with Crippen molar-refractivity contribution in [1.29, 1.82) is 0 Å². The highest BCUT2D eigenvalue weighted by atomic mass is 19.1. The molecule has 0 heterocycles. The molecule has 0 aliphatic carbocycles. The highest BCUT2D eigenvalue weighted by Gasteiger charge is 2.20. The van der Waals surface area contributed by atoms with E-state index in [-0.39, 0.29) is 18.9 Å². The lowest BCUT2D eigenvalue weighted by molar-refractivity contribution is -0.148. The van der Waals surface area contributed by atoms with Crippen LogP contribution >= 0.6 is 0 Å². The summed E-state index contributed by atoms with van der Waals surface area (Å²) in [5, 5.41) is 0. The van der Waals surface area contributed by atoms with Crippen LogP contribution in [0.5, 0.6) is 0 Å². The fraction of sp³-hybridized carbons (Fsp3) is 0.833. The smallest absolute Gasteiger partial charge is 0.313 e. The maximum atomic E-state index is 13.2. The molecule has 94 valence electrons. The normalized spacial score (nSPS) is 12.6. The third-order valence-corrected chi connectivity index (χ3v) is 2.06. The number of Topliss-reactive ketones (excluding diaryl/α,β-unsaturated/α-hetero) is 1. The van der Waals surface area contributed by atoms with E-state index >= 15 is 0 Å². The number of ketones is 1. The summed E-state index contributed by atoms with van der Waals surface area (Å²) >= 11 is 0. The van der Waals surface area contributed by atoms with Gasteiger partial charge >= 0.3 is 5.97 Å². The number of unbranched alkanes of at least 4 members (excludes halogenated alkanes) is 1. The van der Waals surface area contributed by atoms with Crippen LogP contribution < -0.4 is 0 Å². The molecule has 0 aromatic carbocycles. The summed E-state index contributed by atoms with van der Waals surface area (Å²) < 4.78 is 18.0. The Morgan fingerprint density at radius 2 is 1.94 bits per heavy atom. The quantitative estimate of drug-likeness (QED) is 0.477. The first-order chi connectivity index (χ1) is 7.47. The van der Waals surface area contributed by atoms with E-state index in [4.69, 9.17) is 4.74 Å². The van der Waals surface area contributed by atoms with Gasteiger partial charge in [0.25, 0.3) is 0 Å². The van der Waals surface area contributed by atoms with Crippen molar-refractivity contribution in [2.24, 2.45) is 5.92 Å². The largest absolute Gasteiger partial charge is 0.465 e. The van der Waals surface area contributed by atoms with Gasteiger partial charge in [0.15, 0.2) is 12.0 Å². The van der Waals surface area contributed by atoms with Crippen molar-refractivity contribution in [2.75, 3.05) is 6.61 Å². The first-order valence-corrected chi connectivity index (χ1v) is 5.79. The second kappa shape index (κ2) is 8.25. The monoisotopic (exact) mass is 232 g/mol. The molecule has 3 nitrogen and oxygen atoms in total. The summed E-state index contributed by atoms with van der Waals surface area (Å²) in [5.74, 6) is -1.07. The summed E-state index contributed by atoms with van der Waals surface area (Å²) in [4.78, 5) is 22.4. The van der Waals surface area contributed by atoms with Gasteiger partial charge in [-0.2, -0.15) is 0 Å². The Balaban J connectivity index is 3.80. The Hall–Kier alpha value is -0.930. The third kappa shape index (κ3) is 7.37. The van der Waals surface area contributed by atoms with Crippen molar-refractivity contribution in [3.05, 3.63) is 0 Å². The zero-order valence-corrected chi connectivity index (χ0v) is 10.3. The Labute approximate surface area is 96.4 Å². The van der Waals surface area contributed by atoms with Crippen molar-refractivity contribution in [1.82, 2.24) is 0 Å². The maximum Gasteiger partial charge on any atom is 0.313 e. The van der Waals surface area contributed by atoms with E-state index in [0.29, 0.717) is 6.42 Å². The molecule has 4 heteroatoms. The van der Waals surface area contributed by atoms with Crippen LogP contribution in [0.4, 0.5) is 4.39 Å². The predicted octanol–water partition coefficient (Wildman–Crippen LogP) is 2.67. The SMILES string of the molecule is CCCCC(F)C(=O)CC(=O)OCC(C)C. The molecule has 0 bridgehead atoms. The second-order valence-corrected chi connectivity index (χ2v) is 4.33. The zero-order chi connectivity index (χ0) is 12.6.